The molecule has 1 aromatic carbocycles. The minimum absolute atomic E-state index is 0.362. The number of hydrogen-bond acceptors (Lipinski definition) is 6. The van der Waals surface area contributed by atoms with Gasteiger partial charge in [-0.05, 0) is 6.07 Å². The van der Waals surface area contributed by atoms with Crippen LogP contribution in [0.3, 0.4) is 0 Å². The molecule has 0 saturated carbocycles. The third kappa shape index (κ3) is 2.61. The summed E-state index contributed by atoms with van der Waals surface area (Å²) in [4.78, 5) is 3.00. The van der Waals surface area contributed by atoms with Crippen LogP contribution >= 0.6 is 0 Å². The summed E-state index contributed by atoms with van der Waals surface area (Å²) in [5.74, 6) is 0.362. The zero-order chi connectivity index (χ0) is 15.0. The standard InChI is InChI=1S/C14H17NO6/c16-6-9-11(17)12(18)13(19)14(20-9)21-10-5-7-3-1-2-4-8(7)15-10/h1-5,9,11-19H,6H2/t9-,11-,12+,13+,14-/m1/s1. The highest BCUT2D eigenvalue weighted by atomic mass is 16.7. The van der Waals surface area contributed by atoms with Gasteiger partial charge in [-0.15, -0.1) is 0 Å². The predicted octanol–water partition coefficient (Wildman–Crippen LogP) is -0.653. The highest BCUT2D eigenvalue weighted by molar-refractivity contribution is 5.81. The molecule has 1 aliphatic rings. The number of aliphatic hydroxyl groups is 4. The number of aliphatic hydroxyl groups excluding tert-OH is 4. The Hall–Kier alpha value is -1.64. The van der Waals surface area contributed by atoms with E-state index in [2.05, 4.69) is 4.98 Å². The van der Waals surface area contributed by atoms with E-state index >= 15 is 0 Å². The molecule has 5 atom stereocenters. The predicted molar refractivity (Wildman–Crippen MR) is 72.7 cm³/mol. The summed E-state index contributed by atoms with van der Waals surface area (Å²) in [7, 11) is 0. The van der Waals surface area contributed by atoms with Crippen molar-refractivity contribution in [1.29, 1.82) is 0 Å². The first-order valence-electron chi connectivity index (χ1n) is 6.65. The molecule has 1 aliphatic heterocycles. The summed E-state index contributed by atoms with van der Waals surface area (Å²) in [6.07, 6.45) is -6.45. The highest BCUT2D eigenvalue weighted by Crippen LogP contribution is 2.26. The van der Waals surface area contributed by atoms with Gasteiger partial charge in [0.1, 0.15) is 24.4 Å². The Labute approximate surface area is 120 Å². The Morgan fingerprint density at radius 2 is 1.86 bits per heavy atom. The van der Waals surface area contributed by atoms with Crippen molar-refractivity contribution in [3.8, 4) is 5.88 Å². The molecule has 7 nitrogen and oxygen atoms in total. The van der Waals surface area contributed by atoms with Gasteiger partial charge in [0, 0.05) is 17.0 Å². The summed E-state index contributed by atoms with van der Waals surface area (Å²) >= 11 is 0. The average Bonchev–Trinajstić information content (AvgIpc) is 2.90. The molecule has 2 aromatic rings. The number of rotatable bonds is 3. The maximum absolute atomic E-state index is 9.90. The van der Waals surface area contributed by atoms with Crippen LogP contribution in [0.2, 0.25) is 0 Å². The van der Waals surface area contributed by atoms with Crippen molar-refractivity contribution in [2.24, 2.45) is 0 Å². The smallest absolute Gasteiger partial charge is 0.230 e. The fraction of sp³-hybridized carbons (Fsp3) is 0.429. The second-order valence-electron chi connectivity index (χ2n) is 5.04. The Kier molecular flexibility index (Phi) is 3.83. The van der Waals surface area contributed by atoms with Crippen LogP contribution in [0.15, 0.2) is 30.3 Å². The third-order valence-corrected chi connectivity index (χ3v) is 3.60. The Morgan fingerprint density at radius 3 is 2.57 bits per heavy atom. The molecular weight excluding hydrogens is 278 g/mol. The number of aromatic nitrogens is 1. The summed E-state index contributed by atoms with van der Waals surface area (Å²) < 4.78 is 10.8. The largest absolute Gasteiger partial charge is 0.447 e. The maximum Gasteiger partial charge on any atom is 0.230 e. The molecule has 2 heterocycles. The summed E-state index contributed by atoms with van der Waals surface area (Å²) in [5.41, 5.74) is 0.858. The zero-order valence-electron chi connectivity index (χ0n) is 11.1. The van der Waals surface area contributed by atoms with Crippen LogP contribution in [0.5, 0.6) is 5.88 Å². The van der Waals surface area contributed by atoms with Crippen LogP contribution in [0, 0.1) is 0 Å². The van der Waals surface area contributed by atoms with Gasteiger partial charge in [-0.3, -0.25) is 0 Å². The first kappa shape index (κ1) is 14.3. The Bertz CT molecular complexity index is 579. The number of fused-ring (bicyclic) bond motifs is 1. The van der Waals surface area contributed by atoms with E-state index in [-0.39, 0.29) is 0 Å². The van der Waals surface area contributed by atoms with E-state index in [1.54, 1.807) is 6.07 Å². The molecule has 1 fully saturated rings. The minimum Gasteiger partial charge on any atom is -0.447 e. The Morgan fingerprint density at radius 1 is 1.10 bits per heavy atom. The fourth-order valence-electron chi connectivity index (χ4n) is 2.40. The van der Waals surface area contributed by atoms with Crippen LogP contribution in [-0.4, -0.2) is 62.7 Å². The van der Waals surface area contributed by atoms with E-state index in [9.17, 15) is 15.3 Å². The monoisotopic (exact) mass is 295 g/mol. The molecule has 5 N–H and O–H groups in total. The summed E-state index contributed by atoms with van der Waals surface area (Å²) in [6, 6.07) is 9.25. The van der Waals surface area contributed by atoms with Crippen molar-refractivity contribution < 1.29 is 29.9 Å². The SMILES string of the molecule is OC[C@H]1O[C@H](Oc2cc3ccccc3[nH]2)[C@@H](O)[C@@H](O)[C@@H]1O. The molecule has 114 valence electrons. The highest BCUT2D eigenvalue weighted by Gasteiger charge is 2.44. The molecule has 3 rings (SSSR count). The molecule has 0 bridgehead atoms. The molecule has 0 spiro atoms. The lowest BCUT2D eigenvalue weighted by atomic mass is 9.99. The molecule has 1 aromatic heterocycles. The van der Waals surface area contributed by atoms with Crippen molar-refractivity contribution >= 4 is 10.9 Å². The average molecular weight is 295 g/mol. The van der Waals surface area contributed by atoms with Crippen molar-refractivity contribution in [3.63, 3.8) is 0 Å². The zero-order valence-corrected chi connectivity index (χ0v) is 11.1. The topological polar surface area (TPSA) is 115 Å². The number of aromatic amines is 1. The van der Waals surface area contributed by atoms with Crippen molar-refractivity contribution in [1.82, 2.24) is 4.98 Å². The normalized spacial score (nSPS) is 33.2. The quantitative estimate of drug-likeness (QED) is 0.514. The summed E-state index contributed by atoms with van der Waals surface area (Å²) in [6.45, 7) is -0.489. The molecular formula is C14H17NO6. The van der Waals surface area contributed by atoms with Gasteiger partial charge in [-0.1, -0.05) is 18.2 Å². The lowest BCUT2D eigenvalue weighted by molar-refractivity contribution is -0.278. The molecule has 0 unspecified atom stereocenters. The van der Waals surface area contributed by atoms with E-state index in [4.69, 9.17) is 14.6 Å². The first-order chi connectivity index (χ1) is 10.1. The fourth-order valence-corrected chi connectivity index (χ4v) is 2.40. The maximum atomic E-state index is 9.90. The van der Waals surface area contributed by atoms with Crippen LogP contribution in [0.4, 0.5) is 0 Å². The molecule has 0 radical (unpaired) electrons. The van der Waals surface area contributed by atoms with E-state index in [1.165, 1.54) is 0 Å². The molecule has 0 amide bonds. The molecule has 0 aliphatic carbocycles. The molecule has 1 saturated heterocycles. The second-order valence-corrected chi connectivity index (χ2v) is 5.04. The van der Waals surface area contributed by atoms with Gasteiger partial charge in [0.2, 0.25) is 6.29 Å². The van der Waals surface area contributed by atoms with Crippen LogP contribution < -0.4 is 4.74 Å². The van der Waals surface area contributed by atoms with Crippen molar-refractivity contribution in [3.05, 3.63) is 30.3 Å². The second kappa shape index (κ2) is 5.63. The van der Waals surface area contributed by atoms with Gasteiger partial charge in [0.05, 0.1) is 6.61 Å². The third-order valence-electron chi connectivity index (χ3n) is 3.60. The van der Waals surface area contributed by atoms with E-state index in [0.29, 0.717) is 5.88 Å². The Balaban J connectivity index is 1.79. The molecule has 21 heavy (non-hydrogen) atoms. The lowest BCUT2D eigenvalue weighted by Crippen LogP contribution is -2.60. The van der Waals surface area contributed by atoms with Gasteiger partial charge in [0.15, 0.2) is 5.88 Å². The van der Waals surface area contributed by atoms with Gasteiger partial charge in [0.25, 0.3) is 0 Å². The van der Waals surface area contributed by atoms with Gasteiger partial charge >= 0.3 is 0 Å². The molecule has 7 heteroatoms. The number of para-hydroxylation sites is 1. The lowest BCUT2D eigenvalue weighted by Gasteiger charge is -2.39. The minimum atomic E-state index is -1.45. The van der Waals surface area contributed by atoms with Crippen LogP contribution in [0.1, 0.15) is 0 Å². The number of ether oxygens (including phenoxy) is 2. The van der Waals surface area contributed by atoms with Gasteiger partial charge in [-0.25, -0.2) is 0 Å². The van der Waals surface area contributed by atoms with Gasteiger partial charge < -0.3 is 34.9 Å². The number of nitrogens with one attached hydrogen (secondary N) is 1. The summed E-state index contributed by atoms with van der Waals surface area (Å²) in [5, 5.41) is 39.4. The number of hydrogen-bond donors (Lipinski definition) is 5. The van der Waals surface area contributed by atoms with Gasteiger partial charge in [-0.2, -0.15) is 0 Å². The van der Waals surface area contributed by atoms with Crippen molar-refractivity contribution in [2.75, 3.05) is 6.61 Å². The van der Waals surface area contributed by atoms with Crippen molar-refractivity contribution in [2.45, 2.75) is 30.7 Å². The first-order valence-corrected chi connectivity index (χ1v) is 6.65. The van der Waals surface area contributed by atoms with Crippen LogP contribution in [-0.2, 0) is 4.74 Å². The number of benzene rings is 1. The van der Waals surface area contributed by atoms with Crippen LogP contribution in [0.25, 0.3) is 10.9 Å². The number of H-pyrrole nitrogens is 1. The van der Waals surface area contributed by atoms with E-state index in [1.807, 2.05) is 24.3 Å². The van der Waals surface area contributed by atoms with E-state index in [0.717, 1.165) is 10.9 Å². The van der Waals surface area contributed by atoms with E-state index < -0.39 is 37.3 Å².